The standard InChI is InChI=1S/C16H25N3O/c1-2-9-18(12-14-7-3-4-8-15(14)17)13-16(20)19-10-5-6-11-19/h3-4,7-8H,2,5-6,9-13,17H2,1H3. The molecule has 4 heteroatoms. The molecule has 4 nitrogen and oxygen atoms in total. The molecule has 1 aliphatic heterocycles. The van der Waals surface area contributed by atoms with E-state index in [9.17, 15) is 4.79 Å². The molecule has 0 aromatic heterocycles. The van der Waals surface area contributed by atoms with Crippen molar-refractivity contribution < 1.29 is 4.79 Å². The number of hydrogen-bond donors (Lipinski definition) is 1. The molecule has 0 spiro atoms. The summed E-state index contributed by atoms with van der Waals surface area (Å²) in [5, 5.41) is 0. The number of rotatable bonds is 6. The summed E-state index contributed by atoms with van der Waals surface area (Å²) in [5.41, 5.74) is 7.91. The van der Waals surface area contributed by atoms with E-state index in [2.05, 4.69) is 11.8 Å². The van der Waals surface area contributed by atoms with Gasteiger partial charge in [0.25, 0.3) is 0 Å². The highest BCUT2D eigenvalue weighted by atomic mass is 16.2. The van der Waals surface area contributed by atoms with E-state index in [0.29, 0.717) is 6.54 Å². The second-order valence-corrected chi connectivity index (χ2v) is 5.50. The second kappa shape index (κ2) is 7.29. The number of carbonyl (C=O) groups excluding carboxylic acids is 1. The lowest BCUT2D eigenvalue weighted by atomic mass is 10.1. The molecule has 1 amide bonds. The summed E-state index contributed by atoms with van der Waals surface area (Å²) in [6.45, 7) is 6.16. The summed E-state index contributed by atoms with van der Waals surface area (Å²) >= 11 is 0. The Morgan fingerprint density at radius 3 is 2.65 bits per heavy atom. The fourth-order valence-electron chi connectivity index (χ4n) is 2.71. The fourth-order valence-corrected chi connectivity index (χ4v) is 2.71. The molecule has 20 heavy (non-hydrogen) atoms. The second-order valence-electron chi connectivity index (χ2n) is 5.50. The van der Waals surface area contributed by atoms with Gasteiger partial charge in [-0.3, -0.25) is 9.69 Å². The number of anilines is 1. The maximum absolute atomic E-state index is 12.3. The van der Waals surface area contributed by atoms with Crippen molar-refractivity contribution in [3.8, 4) is 0 Å². The summed E-state index contributed by atoms with van der Waals surface area (Å²) in [4.78, 5) is 16.4. The Labute approximate surface area is 121 Å². The summed E-state index contributed by atoms with van der Waals surface area (Å²) in [5.74, 6) is 0.255. The third-order valence-electron chi connectivity index (χ3n) is 3.81. The Balaban J connectivity index is 1.96. The van der Waals surface area contributed by atoms with Crippen LogP contribution in [0.3, 0.4) is 0 Å². The van der Waals surface area contributed by atoms with E-state index in [4.69, 9.17) is 5.73 Å². The zero-order chi connectivity index (χ0) is 14.4. The number of benzene rings is 1. The molecule has 0 aliphatic carbocycles. The number of nitrogen functional groups attached to an aromatic ring is 1. The van der Waals surface area contributed by atoms with Gasteiger partial charge in [-0.2, -0.15) is 0 Å². The van der Waals surface area contributed by atoms with E-state index in [-0.39, 0.29) is 5.91 Å². The Bertz CT molecular complexity index is 441. The van der Waals surface area contributed by atoms with Crippen LogP contribution in [-0.4, -0.2) is 41.9 Å². The molecule has 2 N–H and O–H groups in total. The molecule has 1 saturated heterocycles. The summed E-state index contributed by atoms with van der Waals surface area (Å²) in [6, 6.07) is 7.90. The van der Waals surface area contributed by atoms with Crippen molar-refractivity contribution in [2.75, 3.05) is 31.9 Å². The van der Waals surface area contributed by atoms with Crippen LogP contribution in [0.1, 0.15) is 31.7 Å². The van der Waals surface area contributed by atoms with Crippen molar-refractivity contribution in [1.82, 2.24) is 9.80 Å². The summed E-state index contributed by atoms with van der Waals surface area (Å²) < 4.78 is 0. The molecule has 0 unspecified atom stereocenters. The van der Waals surface area contributed by atoms with Crippen LogP contribution >= 0.6 is 0 Å². The van der Waals surface area contributed by atoms with Crippen LogP contribution in [0.25, 0.3) is 0 Å². The first kappa shape index (κ1) is 14.9. The lowest BCUT2D eigenvalue weighted by molar-refractivity contribution is -0.131. The highest BCUT2D eigenvalue weighted by Crippen LogP contribution is 2.14. The normalized spacial score (nSPS) is 15.0. The third-order valence-corrected chi connectivity index (χ3v) is 3.81. The van der Waals surface area contributed by atoms with Crippen molar-refractivity contribution in [3.05, 3.63) is 29.8 Å². The van der Waals surface area contributed by atoms with Crippen molar-refractivity contribution >= 4 is 11.6 Å². The molecule has 1 aromatic rings. The number of likely N-dealkylation sites (tertiary alicyclic amines) is 1. The van der Waals surface area contributed by atoms with Crippen LogP contribution in [0, 0.1) is 0 Å². The lowest BCUT2D eigenvalue weighted by Gasteiger charge is -2.25. The monoisotopic (exact) mass is 275 g/mol. The van der Waals surface area contributed by atoms with Crippen LogP contribution in [0.4, 0.5) is 5.69 Å². The minimum absolute atomic E-state index is 0.255. The maximum Gasteiger partial charge on any atom is 0.236 e. The molecule has 2 rings (SSSR count). The average Bonchev–Trinajstić information content (AvgIpc) is 2.95. The molecule has 0 bridgehead atoms. The Morgan fingerprint density at radius 2 is 2.00 bits per heavy atom. The molecule has 0 radical (unpaired) electrons. The number of hydrogen-bond acceptors (Lipinski definition) is 3. The van der Waals surface area contributed by atoms with Gasteiger partial charge in [0.15, 0.2) is 0 Å². The molecular formula is C16H25N3O. The van der Waals surface area contributed by atoms with E-state index in [0.717, 1.165) is 56.7 Å². The number of nitrogens with zero attached hydrogens (tertiary/aromatic N) is 2. The summed E-state index contributed by atoms with van der Waals surface area (Å²) in [7, 11) is 0. The molecule has 1 heterocycles. The SMILES string of the molecule is CCCN(CC(=O)N1CCCC1)Cc1ccccc1N. The van der Waals surface area contributed by atoms with Gasteiger partial charge in [0.05, 0.1) is 6.54 Å². The first-order valence-electron chi connectivity index (χ1n) is 7.54. The average molecular weight is 275 g/mol. The Kier molecular flexibility index (Phi) is 5.41. The van der Waals surface area contributed by atoms with Crippen LogP contribution in [0.15, 0.2) is 24.3 Å². The van der Waals surface area contributed by atoms with Crippen LogP contribution in [0.2, 0.25) is 0 Å². The van der Waals surface area contributed by atoms with E-state index >= 15 is 0 Å². The van der Waals surface area contributed by atoms with Crippen LogP contribution in [0.5, 0.6) is 0 Å². The van der Waals surface area contributed by atoms with Gasteiger partial charge in [-0.05, 0) is 37.4 Å². The topological polar surface area (TPSA) is 49.6 Å². The van der Waals surface area contributed by atoms with E-state index in [1.165, 1.54) is 0 Å². The highest BCUT2D eigenvalue weighted by Gasteiger charge is 2.20. The minimum atomic E-state index is 0.255. The number of nitrogens with two attached hydrogens (primary N) is 1. The Hall–Kier alpha value is -1.55. The zero-order valence-corrected chi connectivity index (χ0v) is 12.3. The van der Waals surface area contributed by atoms with Gasteiger partial charge in [0, 0.05) is 25.3 Å². The van der Waals surface area contributed by atoms with Crippen molar-refractivity contribution in [3.63, 3.8) is 0 Å². The van der Waals surface area contributed by atoms with Gasteiger partial charge in [0.2, 0.25) is 5.91 Å². The van der Waals surface area contributed by atoms with Crippen molar-refractivity contribution in [1.29, 1.82) is 0 Å². The van der Waals surface area contributed by atoms with E-state index < -0.39 is 0 Å². The first-order chi connectivity index (χ1) is 9.70. The number of carbonyl (C=O) groups is 1. The number of amides is 1. The molecule has 0 saturated carbocycles. The summed E-state index contributed by atoms with van der Waals surface area (Å²) in [6.07, 6.45) is 3.33. The molecule has 1 aromatic carbocycles. The van der Waals surface area contributed by atoms with E-state index in [1.54, 1.807) is 0 Å². The van der Waals surface area contributed by atoms with Gasteiger partial charge < -0.3 is 10.6 Å². The largest absolute Gasteiger partial charge is 0.398 e. The fraction of sp³-hybridized carbons (Fsp3) is 0.562. The van der Waals surface area contributed by atoms with Gasteiger partial charge in [-0.25, -0.2) is 0 Å². The third kappa shape index (κ3) is 3.97. The predicted octanol–water partition coefficient (Wildman–Crippen LogP) is 2.10. The molecule has 1 fully saturated rings. The molecular weight excluding hydrogens is 250 g/mol. The van der Waals surface area contributed by atoms with Gasteiger partial charge in [0.1, 0.15) is 0 Å². The van der Waals surface area contributed by atoms with Crippen LogP contribution < -0.4 is 5.73 Å². The van der Waals surface area contributed by atoms with Crippen molar-refractivity contribution in [2.45, 2.75) is 32.7 Å². The number of para-hydroxylation sites is 1. The lowest BCUT2D eigenvalue weighted by Crippen LogP contribution is -2.39. The minimum Gasteiger partial charge on any atom is -0.398 e. The maximum atomic E-state index is 12.3. The predicted molar refractivity (Wildman–Crippen MR) is 82.2 cm³/mol. The highest BCUT2D eigenvalue weighted by molar-refractivity contribution is 5.78. The van der Waals surface area contributed by atoms with Gasteiger partial charge in [-0.1, -0.05) is 25.1 Å². The quantitative estimate of drug-likeness (QED) is 0.809. The van der Waals surface area contributed by atoms with E-state index in [1.807, 2.05) is 29.2 Å². The van der Waals surface area contributed by atoms with Crippen molar-refractivity contribution in [2.24, 2.45) is 0 Å². The molecule has 0 atom stereocenters. The first-order valence-corrected chi connectivity index (χ1v) is 7.54. The molecule has 1 aliphatic rings. The van der Waals surface area contributed by atoms with Crippen LogP contribution in [-0.2, 0) is 11.3 Å². The zero-order valence-electron chi connectivity index (χ0n) is 12.3. The van der Waals surface area contributed by atoms with Gasteiger partial charge >= 0.3 is 0 Å². The molecule has 110 valence electrons. The smallest absolute Gasteiger partial charge is 0.236 e. The Morgan fingerprint density at radius 1 is 1.30 bits per heavy atom. The van der Waals surface area contributed by atoms with Gasteiger partial charge in [-0.15, -0.1) is 0 Å².